The van der Waals surface area contributed by atoms with Crippen LogP contribution < -0.4 is 5.32 Å². The zero-order chi connectivity index (χ0) is 18.8. The van der Waals surface area contributed by atoms with E-state index in [-0.39, 0.29) is 5.57 Å². The Labute approximate surface area is 163 Å². The number of hydrogen-bond donors (Lipinski definition) is 1. The summed E-state index contributed by atoms with van der Waals surface area (Å²) in [6, 6.07) is 19.1. The van der Waals surface area contributed by atoms with Crippen molar-refractivity contribution in [3.63, 3.8) is 0 Å². The third kappa shape index (κ3) is 3.33. The van der Waals surface area contributed by atoms with Gasteiger partial charge in [0.15, 0.2) is 0 Å². The van der Waals surface area contributed by atoms with Crippen LogP contribution in [0, 0.1) is 11.3 Å². The van der Waals surface area contributed by atoms with E-state index in [1.165, 1.54) is 6.08 Å². The molecule has 5 nitrogen and oxygen atoms in total. The van der Waals surface area contributed by atoms with Crippen LogP contribution in [-0.2, 0) is 4.79 Å². The molecule has 0 fully saturated rings. The van der Waals surface area contributed by atoms with E-state index in [0.717, 1.165) is 20.9 Å². The van der Waals surface area contributed by atoms with Crippen molar-refractivity contribution < 1.29 is 4.79 Å². The van der Waals surface area contributed by atoms with Gasteiger partial charge in [0.25, 0.3) is 5.91 Å². The topological polar surface area (TPSA) is 70.2 Å². The Hall–Kier alpha value is -3.43. The maximum Gasteiger partial charge on any atom is 0.266 e. The minimum Gasteiger partial charge on any atom is -0.321 e. The van der Waals surface area contributed by atoms with Crippen molar-refractivity contribution in [1.29, 1.82) is 5.26 Å². The Morgan fingerprint density at radius 3 is 2.81 bits per heavy atom. The molecule has 2 aromatic carbocycles. The first kappa shape index (κ1) is 17.0. The largest absolute Gasteiger partial charge is 0.321 e. The maximum atomic E-state index is 12.7. The number of anilines is 1. The van der Waals surface area contributed by atoms with Crippen LogP contribution in [0.15, 0.2) is 77.0 Å². The van der Waals surface area contributed by atoms with Crippen molar-refractivity contribution in [3.8, 4) is 6.07 Å². The average Bonchev–Trinajstić information content (AvgIpc) is 3.08. The zero-order valence-electron chi connectivity index (χ0n) is 14.1. The van der Waals surface area contributed by atoms with Crippen molar-refractivity contribution in [2.75, 3.05) is 5.32 Å². The normalized spacial score (nSPS) is 11.5. The van der Waals surface area contributed by atoms with E-state index in [1.54, 1.807) is 6.20 Å². The summed E-state index contributed by atoms with van der Waals surface area (Å²) in [5.41, 5.74) is 2.05. The molecule has 0 atom stereocenters. The molecule has 27 heavy (non-hydrogen) atoms. The first-order valence-electron chi connectivity index (χ1n) is 8.19. The number of aromatic nitrogens is 2. The minimum absolute atomic E-state index is 0.00436. The van der Waals surface area contributed by atoms with Gasteiger partial charge in [-0.2, -0.15) is 5.26 Å². The van der Waals surface area contributed by atoms with Gasteiger partial charge in [-0.3, -0.25) is 9.20 Å². The molecule has 1 N–H and O–H groups in total. The van der Waals surface area contributed by atoms with E-state index in [2.05, 4.69) is 26.2 Å². The highest BCUT2D eigenvalue weighted by molar-refractivity contribution is 9.10. The molecule has 0 unspecified atom stereocenters. The van der Waals surface area contributed by atoms with Crippen LogP contribution >= 0.6 is 15.9 Å². The summed E-state index contributed by atoms with van der Waals surface area (Å²) in [7, 11) is 0. The maximum absolute atomic E-state index is 12.7. The number of amides is 1. The van der Waals surface area contributed by atoms with Gasteiger partial charge < -0.3 is 5.32 Å². The summed E-state index contributed by atoms with van der Waals surface area (Å²) < 4.78 is 2.69. The van der Waals surface area contributed by atoms with Gasteiger partial charge in [0.1, 0.15) is 17.3 Å². The van der Waals surface area contributed by atoms with Gasteiger partial charge in [0.2, 0.25) is 0 Å². The van der Waals surface area contributed by atoms with Crippen LogP contribution in [0.3, 0.4) is 0 Å². The Bertz CT molecular complexity index is 1240. The van der Waals surface area contributed by atoms with Gasteiger partial charge >= 0.3 is 0 Å². The number of pyridine rings is 1. The number of hydrogen-bond acceptors (Lipinski definition) is 3. The quantitative estimate of drug-likeness (QED) is 0.385. The number of rotatable bonds is 3. The summed E-state index contributed by atoms with van der Waals surface area (Å²) in [4.78, 5) is 17.0. The third-order valence-corrected chi connectivity index (χ3v) is 4.66. The number of nitrogens with zero attached hydrogens (tertiary/aromatic N) is 3. The molecular weight excluding hydrogens is 404 g/mol. The fraction of sp³-hybridized carbons (Fsp3) is 0. The fourth-order valence-electron chi connectivity index (χ4n) is 2.90. The van der Waals surface area contributed by atoms with Crippen molar-refractivity contribution in [2.24, 2.45) is 0 Å². The molecule has 0 saturated carbocycles. The molecule has 1 amide bonds. The standard InChI is InChI=1S/C21H13BrN4O/c22-16-8-9-20-24-12-17(26(20)13-16)10-15(11-23)21(27)25-19-7-3-5-14-4-1-2-6-18(14)19/h1-10,12-13H,(H,25,27)/b15-10-. The predicted molar refractivity (Wildman–Crippen MR) is 109 cm³/mol. The van der Waals surface area contributed by atoms with Crippen molar-refractivity contribution >= 4 is 50.0 Å². The summed E-state index contributed by atoms with van der Waals surface area (Å²) >= 11 is 3.42. The summed E-state index contributed by atoms with van der Waals surface area (Å²) in [6.07, 6.45) is 5.00. The Balaban J connectivity index is 1.69. The molecule has 130 valence electrons. The predicted octanol–water partition coefficient (Wildman–Crippen LogP) is 4.80. The highest BCUT2D eigenvalue weighted by Gasteiger charge is 2.12. The lowest BCUT2D eigenvalue weighted by Gasteiger charge is -2.08. The second-order valence-corrected chi connectivity index (χ2v) is 6.82. The van der Waals surface area contributed by atoms with E-state index in [0.29, 0.717) is 11.4 Å². The summed E-state index contributed by atoms with van der Waals surface area (Å²) in [5, 5.41) is 14.3. The number of fused-ring (bicyclic) bond motifs is 2. The van der Waals surface area contributed by atoms with Crippen LogP contribution in [0.4, 0.5) is 5.69 Å². The number of nitriles is 1. The zero-order valence-corrected chi connectivity index (χ0v) is 15.6. The van der Waals surface area contributed by atoms with E-state index in [1.807, 2.05) is 71.3 Å². The van der Waals surface area contributed by atoms with E-state index >= 15 is 0 Å². The number of carbonyl (C=O) groups is 1. The Morgan fingerprint density at radius 1 is 1.15 bits per heavy atom. The number of benzene rings is 2. The van der Waals surface area contributed by atoms with Crippen LogP contribution in [-0.4, -0.2) is 15.3 Å². The number of halogens is 1. The molecule has 2 heterocycles. The third-order valence-electron chi connectivity index (χ3n) is 4.19. The molecule has 0 radical (unpaired) electrons. The molecule has 0 spiro atoms. The molecule has 4 aromatic rings. The van der Waals surface area contributed by atoms with Crippen molar-refractivity contribution in [1.82, 2.24) is 9.38 Å². The van der Waals surface area contributed by atoms with Crippen molar-refractivity contribution in [3.05, 3.63) is 82.7 Å². The van der Waals surface area contributed by atoms with Crippen LogP contribution in [0.25, 0.3) is 22.5 Å². The molecule has 0 aliphatic heterocycles. The SMILES string of the molecule is N#C/C(=C/c1cnc2ccc(Br)cn12)C(=O)Nc1cccc2ccccc12. The van der Waals surface area contributed by atoms with Gasteiger partial charge in [-0.15, -0.1) is 0 Å². The second-order valence-electron chi connectivity index (χ2n) is 5.91. The molecule has 6 heteroatoms. The molecule has 2 aromatic heterocycles. The van der Waals surface area contributed by atoms with Crippen LogP contribution in [0.2, 0.25) is 0 Å². The van der Waals surface area contributed by atoms with E-state index in [4.69, 9.17) is 0 Å². The van der Waals surface area contributed by atoms with Crippen LogP contribution in [0.1, 0.15) is 5.69 Å². The Kier molecular flexibility index (Phi) is 4.45. The lowest BCUT2D eigenvalue weighted by Crippen LogP contribution is -2.13. The monoisotopic (exact) mass is 416 g/mol. The average molecular weight is 417 g/mol. The highest BCUT2D eigenvalue weighted by Crippen LogP contribution is 2.23. The van der Waals surface area contributed by atoms with Crippen molar-refractivity contribution in [2.45, 2.75) is 0 Å². The van der Waals surface area contributed by atoms with Gasteiger partial charge in [0.05, 0.1) is 11.9 Å². The molecular formula is C21H13BrN4O. The highest BCUT2D eigenvalue weighted by atomic mass is 79.9. The van der Waals surface area contributed by atoms with Crippen LogP contribution in [0.5, 0.6) is 0 Å². The number of imidazole rings is 1. The van der Waals surface area contributed by atoms with Gasteiger partial charge in [0, 0.05) is 21.7 Å². The molecule has 4 rings (SSSR count). The summed E-state index contributed by atoms with van der Waals surface area (Å²) in [6.45, 7) is 0. The first-order valence-corrected chi connectivity index (χ1v) is 8.98. The molecule has 0 aliphatic rings. The lowest BCUT2D eigenvalue weighted by molar-refractivity contribution is -0.112. The van der Waals surface area contributed by atoms with E-state index < -0.39 is 5.91 Å². The smallest absolute Gasteiger partial charge is 0.266 e. The summed E-state index contributed by atoms with van der Waals surface area (Å²) in [5.74, 6) is -0.459. The Morgan fingerprint density at radius 2 is 1.96 bits per heavy atom. The number of nitrogens with one attached hydrogen (secondary N) is 1. The first-order chi connectivity index (χ1) is 13.2. The fourth-order valence-corrected chi connectivity index (χ4v) is 3.24. The van der Waals surface area contributed by atoms with Gasteiger partial charge in [-0.1, -0.05) is 36.4 Å². The van der Waals surface area contributed by atoms with Gasteiger partial charge in [-0.05, 0) is 45.6 Å². The minimum atomic E-state index is -0.459. The van der Waals surface area contributed by atoms with E-state index in [9.17, 15) is 10.1 Å². The lowest BCUT2D eigenvalue weighted by atomic mass is 10.1. The number of carbonyl (C=O) groups excluding carboxylic acids is 1. The second kappa shape index (κ2) is 7.06. The molecule has 0 aliphatic carbocycles. The van der Waals surface area contributed by atoms with Gasteiger partial charge in [-0.25, -0.2) is 4.98 Å². The molecule has 0 bridgehead atoms. The molecule has 0 saturated heterocycles.